The van der Waals surface area contributed by atoms with Crippen molar-refractivity contribution in [2.45, 2.75) is 26.1 Å². The Hall–Kier alpha value is -1.75. The Labute approximate surface area is 137 Å². The lowest BCUT2D eigenvalue weighted by Crippen LogP contribution is -2.32. The zero-order valence-corrected chi connectivity index (χ0v) is 13.6. The third-order valence-electron chi connectivity index (χ3n) is 4.03. The van der Waals surface area contributed by atoms with Crippen LogP contribution in [0.5, 0.6) is 0 Å². The Balaban J connectivity index is 1.96. The van der Waals surface area contributed by atoms with Crippen LogP contribution in [-0.2, 0) is 0 Å². The predicted octanol–water partition coefficient (Wildman–Crippen LogP) is 3.22. The number of aliphatic hydroxyl groups excluding tert-OH is 2. The number of hydrogen-bond acceptors (Lipinski definition) is 3. The molecule has 2 unspecified atom stereocenters. The van der Waals surface area contributed by atoms with Crippen molar-refractivity contribution in [3.05, 3.63) is 71.0 Å². The number of nitrogens with zero attached hydrogens (tertiary/aromatic N) is 1. The minimum atomic E-state index is -0.708. The number of likely N-dealkylation sites (N-methyl/N-ethyl adjacent to an activating group) is 1. The smallest absolute Gasteiger partial charge is 0.123 e. The van der Waals surface area contributed by atoms with Crippen molar-refractivity contribution < 1.29 is 14.6 Å². The molecule has 0 aliphatic heterocycles. The van der Waals surface area contributed by atoms with Gasteiger partial charge < -0.3 is 10.2 Å². The Kier molecular flexibility index (Phi) is 6.28. The second-order valence-corrected chi connectivity index (χ2v) is 5.85. The summed E-state index contributed by atoms with van der Waals surface area (Å²) in [6.45, 7) is 5.54. The molecule has 0 bridgehead atoms. The van der Waals surface area contributed by atoms with Crippen molar-refractivity contribution >= 4 is 0 Å². The number of halogens is 1. The molecular weight excluding hydrogens is 293 g/mol. The summed E-state index contributed by atoms with van der Waals surface area (Å²) >= 11 is 0. The maximum Gasteiger partial charge on any atom is 0.123 e. The molecular formula is C19H24FNO2. The van der Waals surface area contributed by atoms with Crippen molar-refractivity contribution in [3.8, 4) is 0 Å². The molecule has 0 amide bonds. The second-order valence-electron chi connectivity index (χ2n) is 5.85. The minimum Gasteiger partial charge on any atom is -0.387 e. The van der Waals surface area contributed by atoms with Gasteiger partial charge in [0.1, 0.15) is 5.82 Å². The van der Waals surface area contributed by atoms with Gasteiger partial charge in [0.05, 0.1) is 12.2 Å². The minimum absolute atomic E-state index is 0.317. The zero-order valence-electron chi connectivity index (χ0n) is 13.6. The molecule has 2 aromatic rings. The summed E-state index contributed by atoms with van der Waals surface area (Å²) in [6.07, 6.45) is -1.31. The summed E-state index contributed by atoms with van der Waals surface area (Å²) in [5, 5.41) is 20.6. The maximum absolute atomic E-state index is 12.9. The molecule has 0 radical (unpaired) electrons. The Bertz CT molecular complexity index is 544. The lowest BCUT2D eigenvalue weighted by Gasteiger charge is -2.26. The number of aryl methyl sites for hydroxylation is 1. The first kappa shape index (κ1) is 17.6. The molecule has 2 atom stereocenters. The third-order valence-corrected chi connectivity index (χ3v) is 4.03. The number of rotatable bonds is 7. The molecule has 0 aromatic heterocycles. The van der Waals surface area contributed by atoms with E-state index in [-0.39, 0.29) is 5.82 Å². The molecule has 0 heterocycles. The topological polar surface area (TPSA) is 43.7 Å². The predicted molar refractivity (Wildman–Crippen MR) is 89.6 cm³/mol. The molecule has 0 saturated carbocycles. The fraction of sp³-hybridized carbons (Fsp3) is 0.368. The van der Waals surface area contributed by atoms with E-state index >= 15 is 0 Å². The van der Waals surface area contributed by atoms with E-state index < -0.39 is 12.2 Å². The van der Waals surface area contributed by atoms with E-state index in [0.29, 0.717) is 25.2 Å². The molecule has 2 rings (SSSR count). The normalized spacial score (nSPS) is 14.0. The van der Waals surface area contributed by atoms with Crippen LogP contribution in [0.3, 0.4) is 0 Å². The SMILES string of the molecule is CCN(CC(O)c1ccc(C)cc1)CC(O)c1ccc(F)cc1. The van der Waals surface area contributed by atoms with Gasteiger partial charge in [0.2, 0.25) is 0 Å². The van der Waals surface area contributed by atoms with E-state index in [9.17, 15) is 14.6 Å². The van der Waals surface area contributed by atoms with Gasteiger partial charge in [-0.25, -0.2) is 4.39 Å². The van der Waals surface area contributed by atoms with Gasteiger partial charge in [-0.05, 0) is 36.7 Å². The van der Waals surface area contributed by atoms with E-state index in [0.717, 1.165) is 11.1 Å². The standard InChI is InChI=1S/C19H24FNO2/c1-3-21(12-18(22)15-6-4-14(2)5-7-15)13-19(23)16-8-10-17(20)11-9-16/h4-11,18-19,22-23H,3,12-13H2,1-2H3. The average molecular weight is 317 g/mol. The van der Waals surface area contributed by atoms with Crippen LogP contribution in [0.1, 0.15) is 35.8 Å². The summed E-state index contributed by atoms with van der Waals surface area (Å²) in [4.78, 5) is 1.98. The summed E-state index contributed by atoms with van der Waals surface area (Å²) in [5.41, 5.74) is 2.69. The van der Waals surface area contributed by atoms with Crippen molar-refractivity contribution in [3.63, 3.8) is 0 Å². The Morgan fingerprint density at radius 1 is 0.870 bits per heavy atom. The van der Waals surface area contributed by atoms with Crippen LogP contribution in [-0.4, -0.2) is 34.7 Å². The summed E-state index contributed by atoms with van der Waals surface area (Å²) in [7, 11) is 0. The van der Waals surface area contributed by atoms with Crippen LogP contribution in [0, 0.1) is 12.7 Å². The molecule has 0 fully saturated rings. The van der Waals surface area contributed by atoms with Crippen molar-refractivity contribution in [1.29, 1.82) is 0 Å². The van der Waals surface area contributed by atoms with Crippen LogP contribution in [0.25, 0.3) is 0 Å². The maximum atomic E-state index is 12.9. The van der Waals surface area contributed by atoms with Crippen molar-refractivity contribution in [1.82, 2.24) is 4.90 Å². The van der Waals surface area contributed by atoms with E-state index in [1.54, 1.807) is 12.1 Å². The lowest BCUT2D eigenvalue weighted by molar-refractivity contribution is 0.0718. The quantitative estimate of drug-likeness (QED) is 0.824. The monoisotopic (exact) mass is 317 g/mol. The van der Waals surface area contributed by atoms with Gasteiger partial charge in [-0.2, -0.15) is 0 Å². The fourth-order valence-corrected chi connectivity index (χ4v) is 2.51. The first-order chi connectivity index (χ1) is 11.0. The van der Waals surface area contributed by atoms with Gasteiger partial charge >= 0.3 is 0 Å². The van der Waals surface area contributed by atoms with Gasteiger partial charge in [-0.3, -0.25) is 4.90 Å². The van der Waals surface area contributed by atoms with E-state index in [1.807, 2.05) is 43.0 Å². The third kappa shape index (κ3) is 5.13. The molecule has 0 aliphatic rings. The molecule has 2 N–H and O–H groups in total. The van der Waals surface area contributed by atoms with E-state index in [1.165, 1.54) is 12.1 Å². The van der Waals surface area contributed by atoms with Gasteiger partial charge in [-0.1, -0.05) is 48.9 Å². The van der Waals surface area contributed by atoms with Crippen molar-refractivity contribution in [2.75, 3.05) is 19.6 Å². The zero-order chi connectivity index (χ0) is 16.8. The van der Waals surface area contributed by atoms with Crippen LogP contribution >= 0.6 is 0 Å². The Morgan fingerprint density at radius 3 is 1.74 bits per heavy atom. The van der Waals surface area contributed by atoms with E-state index in [4.69, 9.17) is 0 Å². The fourth-order valence-electron chi connectivity index (χ4n) is 2.51. The van der Waals surface area contributed by atoms with Crippen LogP contribution in [0.4, 0.5) is 4.39 Å². The van der Waals surface area contributed by atoms with Crippen LogP contribution in [0.2, 0.25) is 0 Å². The van der Waals surface area contributed by atoms with E-state index in [2.05, 4.69) is 0 Å². The highest BCUT2D eigenvalue weighted by molar-refractivity contribution is 5.23. The molecule has 124 valence electrons. The molecule has 0 spiro atoms. The second kappa shape index (κ2) is 8.20. The summed E-state index contributed by atoms with van der Waals surface area (Å²) in [5.74, 6) is -0.317. The highest BCUT2D eigenvalue weighted by Crippen LogP contribution is 2.19. The first-order valence-electron chi connectivity index (χ1n) is 7.90. The largest absolute Gasteiger partial charge is 0.387 e. The summed E-state index contributed by atoms with van der Waals surface area (Å²) < 4.78 is 12.9. The van der Waals surface area contributed by atoms with Crippen LogP contribution in [0.15, 0.2) is 48.5 Å². The van der Waals surface area contributed by atoms with Crippen LogP contribution < -0.4 is 0 Å². The molecule has 0 aliphatic carbocycles. The van der Waals surface area contributed by atoms with Gasteiger partial charge in [0.15, 0.2) is 0 Å². The average Bonchev–Trinajstić information content (AvgIpc) is 2.55. The molecule has 2 aromatic carbocycles. The van der Waals surface area contributed by atoms with Gasteiger partial charge in [0.25, 0.3) is 0 Å². The number of hydrogen-bond donors (Lipinski definition) is 2. The van der Waals surface area contributed by atoms with Crippen molar-refractivity contribution in [2.24, 2.45) is 0 Å². The highest BCUT2D eigenvalue weighted by Gasteiger charge is 2.16. The summed E-state index contributed by atoms with van der Waals surface area (Å²) in [6, 6.07) is 13.7. The molecule has 23 heavy (non-hydrogen) atoms. The van der Waals surface area contributed by atoms with Gasteiger partial charge in [0, 0.05) is 13.1 Å². The number of aliphatic hydroxyl groups is 2. The first-order valence-corrected chi connectivity index (χ1v) is 7.90. The molecule has 3 nitrogen and oxygen atoms in total. The highest BCUT2D eigenvalue weighted by atomic mass is 19.1. The number of benzene rings is 2. The van der Waals surface area contributed by atoms with Gasteiger partial charge in [-0.15, -0.1) is 0 Å². The Morgan fingerprint density at radius 2 is 1.30 bits per heavy atom. The lowest BCUT2D eigenvalue weighted by atomic mass is 10.1. The molecule has 0 saturated heterocycles. The molecule has 4 heteroatoms.